The van der Waals surface area contributed by atoms with Crippen molar-refractivity contribution in [3.63, 3.8) is 0 Å². The van der Waals surface area contributed by atoms with Crippen LogP contribution >= 0.6 is 11.6 Å². The van der Waals surface area contributed by atoms with Crippen molar-refractivity contribution in [3.05, 3.63) is 0 Å². The van der Waals surface area contributed by atoms with E-state index < -0.39 is 0 Å². The van der Waals surface area contributed by atoms with Gasteiger partial charge in [0.1, 0.15) is 0 Å². The fourth-order valence-electron chi connectivity index (χ4n) is 2.07. The zero-order chi connectivity index (χ0) is 12.3. The molecule has 0 spiro atoms. The molecule has 0 aliphatic heterocycles. The van der Waals surface area contributed by atoms with Gasteiger partial charge in [-0.2, -0.15) is 0 Å². The topological polar surface area (TPSA) is 0 Å². The average molecular weight is 329 g/mol. The molecule has 106 valence electrons. The predicted molar refractivity (Wildman–Crippen MR) is 74.9 cm³/mol. The summed E-state index contributed by atoms with van der Waals surface area (Å²) in [6, 6.07) is 0.776. The summed E-state index contributed by atoms with van der Waals surface area (Å²) in [6.45, 7) is 7.05. The number of rotatable bonds is 11. The van der Waals surface area contributed by atoms with Crippen molar-refractivity contribution < 1.29 is 21.5 Å². The van der Waals surface area contributed by atoms with Gasteiger partial charge in [0.2, 0.25) is 0 Å². The first-order valence-corrected chi connectivity index (χ1v) is 7.61. The van der Waals surface area contributed by atoms with Crippen LogP contribution in [0.3, 0.4) is 0 Å². The highest BCUT2D eigenvalue weighted by Crippen LogP contribution is 2.12. The maximum Gasteiger partial charge on any atom is 0.154 e. The SMILES string of the molecule is CCCCCC[N+](C)(CCl)CCCCCC.[Br-]. The molecular weight excluding hydrogens is 298 g/mol. The molecule has 0 rings (SSSR count). The van der Waals surface area contributed by atoms with Gasteiger partial charge in [-0.05, 0) is 25.7 Å². The van der Waals surface area contributed by atoms with E-state index in [4.69, 9.17) is 11.6 Å². The first-order valence-electron chi connectivity index (χ1n) is 7.08. The zero-order valence-electron chi connectivity index (χ0n) is 12.0. The van der Waals surface area contributed by atoms with Crippen molar-refractivity contribution in [1.29, 1.82) is 0 Å². The molecular formula is C14H31BrClN. The van der Waals surface area contributed by atoms with Gasteiger partial charge in [-0.25, -0.2) is 0 Å². The summed E-state index contributed by atoms with van der Waals surface area (Å²) in [5.74, 6) is 0. The number of hydrogen-bond acceptors (Lipinski definition) is 0. The third-order valence-electron chi connectivity index (χ3n) is 3.39. The second-order valence-corrected chi connectivity index (χ2v) is 5.55. The Hall–Kier alpha value is 0.730. The summed E-state index contributed by atoms with van der Waals surface area (Å²) in [7, 11) is 2.31. The molecule has 0 atom stereocenters. The van der Waals surface area contributed by atoms with Crippen LogP contribution in [-0.4, -0.2) is 30.6 Å². The minimum absolute atomic E-state index is 0. The summed E-state index contributed by atoms with van der Waals surface area (Å²) in [5.41, 5.74) is 0. The number of alkyl halides is 1. The van der Waals surface area contributed by atoms with Gasteiger partial charge in [-0.1, -0.05) is 51.1 Å². The van der Waals surface area contributed by atoms with Crippen LogP contribution in [0.1, 0.15) is 65.2 Å². The Kier molecular flexibility index (Phi) is 15.5. The fourth-order valence-corrected chi connectivity index (χ4v) is 2.31. The smallest absolute Gasteiger partial charge is 0.154 e. The summed E-state index contributed by atoms with van der Waals surface area (Å²) in [6.07, 6.45) is 10.8. The molecule has 0 aromatic carbocycles. The van der Waals surface area contributed by atoms with Crippen molar-refractivity contribution in [1.82, 2.24) is 0 Å². The Bertz CT molecular complexity index is 141. The molecule has 0 amide bonds. The van der Waals surface area contributed by atoms with Gasteiger partial charge in [0, 0.05) is 0 Å². The van der Waals surface area contributed by atoms with Crippen LogP contribution in [0.4, 0.5) is 0 Å². The summed E-state index contributed by atoms with van der Waals surface area (Å²) < 4.78 is 1.06. The van der Waals surface area contributed by atoms with E-state index in [1.807, 2.05) is 0 Å². The molecule has 0 N–H and O–H groups in total. The summed E-state index contributed by atoms with van der Waals surface area (Å²) >= 11 is 6.11. The van der Waals surface area contributed by atoms with Crippen LogP contribution in [-0.2, 0) is 0 Å². The molecule has 17 heavy (non-hydrogen) atoms. The van der Waals surface area contributed by atoms with Crippen molar-refractivity contribution in [2.75, 3.05) is 26.1 Å². The largest absolute Gasteiger partial charge is 1.00 e. The van der Waals surface area contributed by atoms with Crippen molar-refractivity contribution >= 4 is 11.6 Å². The average Bonchev–Trinajstić information content (AvgIpc) is 2.31. The van der Waals surface area contributed by atoms with E-state index in [0.717, 1.165) is 10.5 Å². The minimum atomic E-state index is 0. The second-order valence-electron chi connectivity index (χ2n) is 5.31. The van der Waals surface area contributed by atoms with E-state index in [9.17, 15) is 0 Å². The van der Waals surface area contributed by atoms with Crippen LogP contribution in [0, 0.1) is 0 Å². The lowest BCUT2D eigenvalue weighted by molar-refractivity contribution is -0.899. The van der Waals surface area contributed by atoms with E-state index in [2.05, 4.69) is 20.9 Å². The standard InChI is InChI=1S/C14H31ClN.BrH/c1-4-6-8-10-12-16(3,14-15)13-11-9-7-5-2;/h4-14H2,1-3H3;1H/q+1;/p-1. The lowest BCUT2D eigenvalue weighted by Crippen LogP contribution is -3.00. The molecule has 1 nitrogen and oxygen atoms in total. The third kappa shape index (κ3) is 11.5. The highest BCUT2D eigenvalue weighted by molar-refractivity contribution is 6.16. The Balaban J connectivity index is 0. The van der Waals surface area contributed by atoms with E-state index in [-0.39, 0.29) is 17.0 Å². The Morgan fingerprint density at radius 2 is 1.18 bits per heavy atom. The monoisotopic (exact) mass is 327 g/mol. The molecule has 0 saturated carbocycles. The molecule has 0 heterocycles. The lowest BCUT2D eigenvalue weighted by atomic mass is 10.1. The molecule has 3 heteroatoms. The van der Waals surface area contributed by atoms with Crippen LogP contribution < -0.4 is 17.0 Å². The molecule has 0 bridgehead atoms. The molecule has 0 aromatic heterocycles. The van der Waals surface area contributed by atoms with Crippen LogP contribution in [0.15, 0.2) is 0 Å². The zero-order valence-corrected chi connectivity index (χ0v) is 14.3. The summed E-state index contributed by atoms with van der Waals surface area (Å²) in [5, 5.41) is 0. The molecule has 0 aliphatic carbocycles. The van der Waals surface area contributed by atoms with Crippen molar-refractivity contribution in [3.8, 4) is 0 Å². The minimum Gasteiger partial charge on any atom is -1.00 e. The molecule has 0 radical (unpaired) electrons. The Morgan fingerprint density at radius 3 is 1.47 bits per heavy atom. The second kappa shape index (κ2) is 13.2. The van der Waals surface area contributed by atoms with Crippen LogP contribution in [0.2, 0.25) is 0 Å². The van der Waals surface area contributed by atoms with Gasteiger partial charge in [-0.3, -0.25) is 0 Å². The Labute approximate surface area is 124 Å². The third-order valence-corrected chi connectivity index (χ3v) is 3.97. The number of unbranched alkanes of at least 4 members (excludes halogenated alkanes) is 6. The first kappa shape index (κ1) is 20.1. The van der Waals surface area contributed by atoms with Gasteiger partial charge in [0.15, 0.2) is 6.00 Å². The molecule has 0 saturated heterocycles. The van der Waals surface area contributed by atoms with E-state index in [1.165, 1.54) is 64.5 Å². The van der Waals surface area contributed by atoms with Gasteiger partial charge < -0.3 is 21.5 Å². The van der Waals surface area contributed by atoms with Crippen LogP contribution in [0.25, 0.3) is 0 Å². The van der Waals surface area contributed by atoms with Gasteiger partial charge in [-0.15, -0.1) is 0 Å². The van der Waals surface area contributed by atoms with Gasteiger partial charge in [0.05, 0.1) is 20.1 Å². The molecule has 0 aliphatic rings. The normalized spacial score (nSPS) is 11.3. The highest BCUT2D eigenvalue weighted by atomic mass is 79.9. The predicted octanol–water partition coefficient (Wildman–Crippen LogP) is 1.79. The number of hydrogen-bond donors (Lipinski definition) is 0. The quantitative estimate of drug-likeness (QED) is 0.235. The molecule has 0 unspecified atom stereocenters. The Morgan fingerprint density at radius 1 is 0.765 bits per heavy atom. The maximum absolute atomic E-state index is 6.11. The molecule has 0 aromatic rings. The number of halogens is 2. The molecule has 0 fully saturated rings. The van der Waals surface area contributed by atoms with Gasteiger partial charge in [0.25, 0.3) is 0 Å². The van der Waals surface area contributed by atoms with Gasteiger partial charge >= 0.3 is 0 Å². The van der Waals surface area contributed by atoms with Crippen molar-refractivity contribution in [2.24, 2.45) is 0 Å². The summed E-state index contributed by atoms with van der Waals surface area (Å²) in [4.78, 5) is 0. The van der Waals surface area contributed by atoms with E-state index in [1.54, 1.807) is 0 Å². The fraction of sp³-hybridized carbons (Fsp3) is 1.00. The first-order chi connectivity index (χ1) is 7.68. The lowest BCUT2D eigenvalue weighted by Gasteiger charge is -2.32. The number of nitrogens with zero attached hydrogens (tertiary/aromatic N) is 1. The van der Waals surface area contributed by atoms with Crippen molar-refractivity contribution in [2.45, 2.75) is 65.2 Å². The maximum atomic E-state index is 6.11. The van der Waals surface area contributed by atoms with E-state index in [0.29, 0.717) is 0 Å². The highest BCUT2D eigenvalue weighted by Gasteiger charge is 2.18. The van der Waals surface area contributed by atoms with E-state index >= 15 is 0 Å². The number of quaternary nitrogens is 1. The van der Waals surface area contributed by atoms with Crippen LogP contribution in [0.5, 0.6) is 0 Å².